The lowest BCUT2D eigenvalue weighted by Gasteiger charge is -2.11. The number of halogens is 1. The number of nitrogens with zero attached hydrogens (tertiary/aromatic N) is 2. The average Bonchev–Trinajstić information content (AvgIpc) is 2.42. The quantitative estimate of drug-likeness (QED) is 0.864. The van der Waals surface area contributed by atoms with E-state index in [2.05, 4.69) is 4.98 Å². The molecule has 0 bridgehead atoms. The number of carbonyl (C=O) groups is 1. The van der Waals surface area contributed by atoms with Crippen molar-refractivity contribution >= 4 is 5.91 Å². The zero-order chi connectivity index (χ0) is 14.7. The van der Waals surface area contributed by atoms with Crippen LogP contribution < -0.4 is 4.74 Å². The summed E-state index contributed by atoms with van der Waals surface area (Å²) in [6, 6.07) is 8.30. The van der Waals surface area contributed by atoms with Crippen molar-refractivity contribution in [3.05, 3.63) is 53.5 Å². The summed E-state index contributed by atoms with van der Waals surface area (Å²) in [4.78, 5) is 16.9. The van der Waals surface area contributed by atoms with Gasteiger partial charge in [0.1, 0.15) is 5.75 Å². The summed E-state index contributed by atoms with van der Waals surface area (Å²) < 4.78 is 19.2. The van der Waals surface area contributed by atoms with Gasteiger partial charge >= 0.3 is 0 Å². The van der Waals surface area contributed by atoms with Crippen molar-refractivity contribution in [2.75, 3.05) is 14.1 Å². The molecule has 0 aliphatic carbocycles. The number of ether oxygens (including phenoxy) is 1. The highest BCUT2D eigenvalue weighted by molar-refractivity contribution is 5.93. The summed E-state index contributed by atoms with van der Waals surface area (Å²) in [6.45, 7) is 1.95. The van der Waals surface area contributed by atoms with Crippen LogP contribution in [0.2, 0.25) is 0 Å². The predicted molar refractivity (Wildman–Crippen MR) is 73.5 cm³/mol. The first-order valence-electron chi connectivity index (χ1n) is 6.09. The Morgan fingerprint density at radius 3 is 2.45 bits per heavy atom. The second-order valence-electron chi connectivity index (χ2n) is 4.63. The molecular weight excluding hydrogens is 259 g/mol. The summed E-state index contributed by atoms with van der Waals surface area (Å²) in [5.74, 6) is -0.630. The Morgan fingerprint density at radius 2 is 1.90 bits per heavy atom. The van der Waals surface area contributed by atoms with Crippen LogP contribution in [0.25, 0.3) is 0 Å². The maximum absolute atomic E-state index is 13.9. The van der Waals surface area contributed by atoms with E-state index in [1.54, 1.807) is 26.2 Å². The average molecular weight is 274 g/mol. The number of carbonyl (C=O) groups excluding carboxylic acids is 1. The fourth-order valence-electron chi connectivity index (χ4n) is 1.59. The van der Waals surface area contributed by atoms with Crippen LogP contribution in [0.4, 0.5) is 4.39 Å². The lowest BCUT2D eigenvalue weighted by atomic mass is 10.2. The smallest absolute Gasteiger partial charge is 0.255 e. The maximum atomic E-state index is 13.9. The molecule has 0 N–H and O–H groups in total. The Labute approximate surface area is 116 Å². The molecule has 0 aliphatic rings. The normalized spacial score (nSPS) is 10.2. The molecule has 0 saturated carbocycles. The van der Waals surface area contributed by atoms with Crippen LogP contribution in [0.15, 0.2) is 36.5 Å². The van der Waals surface area contributed by atoms with Gasteiger partial charge in [0.05, 0.1) is 5.56 Å². The number of hydrogen-bond acceptors (Lipinski definition) is 3. The van der Waals surface area contributed by atoms with Gasteiger partial charge in [-0.3, -0.25) is 4.79 Å². The van der Waals surface area contributed by atoms with Gasteiger partial charge in [0.2, 0.25) is 0 Å². The predicted octanol–water partition coefficient (Wildman–Crippen LogP) is 3.02. The van der Waals surface area contributed by atoms with E-state index in [1.165, 1.54) is 11.1 Å². The van der Waals surface area contributed by atoms with Crippen molar-refractivity contribution in [2.24, 2.45) is 0 Å². The molecule has 5 heteroatoms. The Morgan fingerprint density at radius 1 is 1.25 bits per heavy atom. The molecule has 0 saturated heterocycles. The van der Waals surface area contributed by atoms with Crippen molar-refractivity contribution < 1.29 is 13.9 Å². The molecule has 1 amide bonds. The molecule has 0 atom stereocenters. The Hall–Kier alpha value is -2.43. The van der Waals surface area contributed by atoms with Gasteiger partial charge in [-0.15, -0.1) is 0 Å². The largest absolute Gasteiger partial charge is 0.436 e. The molecular formula is C15H15FN2O2. The van der Waals surface area contributed by atoms with Crippen molar-refractivity contribution in [2.45, 2.75) is 6.92 Å². The first-order chi connectivity index (χ1) is 9.47. The minimum absolute atomic E-state index is 0.149. The standard InChI is InChI=1S/C15H15FN2O2/c1-10-4-6-12(7-5-10)20-14-13(16)8-11(9-17-14)15(19)18(2)3/h4-9H,1-3H3. The summed E-state index contributed by atoms with van der Waals surface area (Å²) in [7, 11) is 3.19. The fourth-order valence-corrected chi connectivity index (χ4v) is 1.59. The minimum Gasteiger partial charge on any atom is -0.436 e. The van der Waals surface area contributed by atoms with Gasteiger partial charge < -0.3 is 9.64 Å². The number of aromatic nitrogens is 1. The number of benzene rings is 1. The first kappa shape index (κ1) is 14.0. The highest BCUT2D eigenvalue weighted by Gasteiger charge is 2.13. The third-order valence-corrected chi connectivity index (χ3v) is 2.70. The molecule has 0 radical (unpaired) electrons. The van der Waals surface area contributed by atoms with Gasteiger partial charge in [-0.05, 0) is 25.1 Å². The van der Waals surface area contributed by atoms with Crippen LogP contribution in [-0.4, -0.2) is 29.9 Å². The van der Waals surface area contributed by atoms with Gasteiger partial charge in [-0.1, -0.05) is 17.7 Å². The third-order valence-electron chi connectivity index (χ3n) is 2.70. The van der Waals surface area contributed by atoms with E-state index in [-0.39, 0.29) is 17.4 Å². The highest BCUT2D eigenvalue weighted by Crippen LogP contribution is 2.23. The van der Waals surface area contributed by atoms with E-state index >= 15 is 0 Å². The molecule has 4 nitrogen and oxygen atoms in total. The number of rotatable bonds is 3. The monoisotopic (exact) mass is 274 g/mol. The molecule has 1 heterocycles. The molecule has 2 rings (SSSR count). The molecule has 0 spiro atoms. The summed E-state index contributed by atoms with van der Waals surface area (Å²) >= 11 is 0. The van der Waals surface area contributed by atoms with Gasteiger partial charge in [-0.2, -0.15) is 0 Å². The van der Waals surface area contributed by atoms with E-state index in [4.69, 9.17) is 4.74 Å². The Balaban J connectivity index is 2.22. The van der Waals surface area contributed by atoms with Crippen LogP contribution >= 0.6 is 0 Å². The molecule has 20 heavy (non-hydrogen) atoms. The second-order valence-corrected chi connectivity index (χ2v) is 4.63. The lowest BCUT2D eigenvalue weighted by Crippen LogP contribution is -2.22. The molecule has 0 aliphatic heterocycles. The van der Waals surface area contributed by atoms with Crippen LogP contribution in [0.1, 0.15) is 15.9 Å². The first-order valence-corrected chi connectivity index (χ1v) is 6.09. The van der Waals surface area contributed by atoms with Gasteiger partial charge in [0.15, 0.2) is 5.82 Å². The van der Waals surface area contributed by atoms with Gasteiger partial charge in [-0.25, -0.2) is 9.37 Å². The van der Waals surface area contributed by atoms with Crippen molar-refractivity contribution in [1.82, 2.24) is 9.88 Å². The van der Waals surface area contributed by atoms with Crippen molar-refractivity contribution in [1.29, 1.82) is 0 Å². The second kappa shape index (κ2) is 5.69. The number of pyridine rings is 1. The SMILES string of the molecule is Cc1ccc(Oc2ncc(C(=O)N(C)C)cc2F)cc1. The van der Waals surface area contributed by atoms with Gasteiger partial charge in [0, 0.05) is 20.3 Å². The zero-order valence-corrected chi connectivity index (χ0v) is 11.6. The van der Waals surface area contributed by atoms with Crippen molar-refractivity contribution in [3.8, 4) is 11.6 Å². The van der Waals surface area contributed by atoms with E-state index in [0.717, 1.165) is 11.6 Å². The molecule has 1 aromatic heterocycles. The topological polar surface area (TPSA) is 42.4 Å². The van der Waals surface area contributed by atoms with Crippen molar-refractivity contribution in [3.63, 3.8) is 0 Å². The fraction of sp³-hybridized carbons (Fsp3) is 0.200. The van der Waals surface area contributed by atoms with E-state index < -0.39 is 5.82 Å². The van der Waals surface area contributed by atoms with E-state index in [0.29, 0.717) is 5.75 Å². The van der Waals surface area contributed by atoms with Crippen LogP contribution in [-0.2, 0) is 0 Å². The number of amides is 1. The summed E-state index contributed by atoms with van der Waals surface area (Å²) in [6.07, 6.45) is 1.30. The molecule has 0 fully saturated rings. The Bertz CT molecular complexity index is 624. The van der Waals surface area contributed by atoms with Crippen LogP contribution in [0.5, 0.6) is 11.6 Å². The maximum Gasteiger partial charge on any atom is 0.255 e. The Kier molecular flexibility index (Phi) is 3.98. The van der Waals surface area contributed by atoms with E-state index in [1.807, 2.05) is 19.1 Å². The summed E-state index contributed by atoms with van der Waals surface area (Å²) in [5.41, 5.74) is 1.27. The van der Waals surface area contributed by atoms with Crippen LogP contribution in [0, 0.1) is 12.7 Å². The lowest BCUT2D eigenvalue weighted by molar-refractivity contribution is 0.0826. The highest BCUT2D eigenvalue weighted by atomic mass is 19.1. The summed E-state index contributed by atoms with van der Waals surface area (Å²) in [5, 5.41) is 0. The number of aryl methyl sites for hydroxylation is 1. The van der Waals surface area contributed by atoms with Crippen LogP contribution in [0.3, 0.4) is 0 Å². The zero-order valence-electron chi connectivity index (χ0n) is 11.6. The molecule has 0 unspecified atom stereocenters. The molecule has 104 valence electrons. The van der Waals surface area contributed by atoms with Gasteiger partial charge in [0.25, 0.3) is 11.8 Å². The third kappa shape index (κ3) is 3.12. The molecule has 2 aromatic rings. The minimum atomic E-state index is -0.668. The van der Waals surface area contributed by atoms with E-state index in [9.17, 15) is 9.18 Å². The number of hydrogen-bond donors (Lipinski definition) is 0. The molecule has 1 aromatic carbocycles.